The number of piperazine rings is 1. The van der Waals surface area contributed by atoms with Crippen LogP contribution in [0.2, 0.25) is 0 Å². The molecule has 3 heterocycles. The lowest BCUT2D eigenvalue weighted by atomic mass is 9.97. The average Bonchev–Trinajstić information content (AvgIpc) is 2.76. The Balaban J connectivity index is 1.29. The summed E-state index contributed by atoms with van der Waals surface area (Å²) < 4.78 is 0. The molecule has 0 unspecified atom stereocenters. The first kappa shape index (κ1) is 17.7. The Labute approximate surface area is 160 Å². The molecular formula is C20H27N7. The van der Waals surface area contributed by atoms with Crippen LogP contribution in [-0.2, 0) is 0 Å². The van der Waals surface area contributed by atoms with Crippen LogP contribution in [0.15, 0.2) is 42.5 Å². The normalized spacial score (nSPS) is 17.6. The highest BCUT2D eigenvalue weighted by molar-refractivity contribution is 5.49. The highest BCUT2D eigenvalue weighted by Gasteiger charge is 2.20. The lowest BCUT2D eigenvalue weighted by molar-refractivity contribution is 0.634. The first-order chi connectivity index (χ1) is 13.4. The molecule has 7 heteroatoms. The number of hydrogen-bond acceptors (Lipinski definition) is 7. The highest BCUT2D eigenvalue weighted by Crippen LogP contribution is 2.21. The summed E-state index contributed by atoms with van der Waals surface area (Å²) in [5.41, 5.74) is 1.59. The molecular weight excluding hydrogens is 338 g/mol. The quantitative estimate of drug-likeness (QED) is 0.789. The van der Waals surface area contributed by atoms with Crippen LogP contribution < -0.4 is 15.1 Å². The van der Waals surface area contributed by atoms with E-state index in [1.165, 1.54) is 25.7 Å². The van der Waals surface area contributed by atoms with Gasteiger partial charge in [-0.2, -0.15) is 0 Å². The monoisotopic (exact) mass is 365 g/mol. The van der Waals surface area contributed by atoms with Gasteiger partial charge in [0, 0.05) is 51.2 Å². The number of anilines is 3. The Morgan fingerprint density at radius 3 is 2.52 bits per heavy atom. The Morgan fingerprint density at radius 1 is 0.926 bits per heavy atom. The molecule has 7 nitrogen and oxygen atoms in total. The minimum atomic E-state index is 0.805. The van der Waals surface area contributed by atoms with Gasteiger partial charge in [-0.15, -0.1) is 0 Å². The molecule has 0 aromatic carbocycles. The Bertz CT molecular complexity index is 754. The highest BCUT2D eigenvalue weighted by atomic mass is 15.3. The van der Waals surface area contributed by atoms with Crippen LogP contribution in [0.25, 0.3) is 0 Å². The molecule has 1 N–H and O–H groups in total. The Kier molecular flexibility index (Phi) is 5.76. The second-order valence-corrected chi connectivity index (χ2v) is 7.07. The van der Waals surface area contributed by atoms with Crippen LogP contribution in [0.5, 0.6) is 0 Å². The van der Waals surface area contributed by atoms with E-state index in [-0.39, 0.29) is 0 Å². The van der Waals surface area contributed by atoms with Gasteiger partial charge in [-0.1, -0.05) is 11.6 Å². The number of nitrogens with one attached hydrogen (secondary N) is 1. The zero-order valence-electron chi connectivity index (χ0n) is 15.7. The second kappa shape index (κ2) is 8.79. The molecule has 0 radical (unpaired) electrons. The minimum Gasteiger partial charge on any atom is -0.370 e. The van der Waals surface area contributed by atoms with E-state index >= 15 is 0 Å². The molecule has 1 aliphatic carbocycles. The fourth-order valence-electron chi connectivity index (χ4n) is 3.69. The number of hydrogen-bond donors (Lipinski definition) is 1. The molecule has 2 aliphatic rings. The van der Waals surface area contributed by atoms with E-state index < -0.39 is 0 Å². The molecule has 0 saturated carbocycles. The third kappa shape index (κ3) is 4.72. The van der Waals surface area contributed by atoms with Gasteiger partial charge in [-0.05, 0) is 38.2 Å². The van der Waals surface area contributed by atoms with E-state index in [0.29, 0.717) is 0 Å². The minimum absolute atomic E-state index is 0.805. The smallest absolute Gasteiger partial charge is 0.225 e. The van der Waals surface area contributed by atoms with Gasteiger partial charge < -0.3 is 15.1 Å². The predicted octanol–water partition coefficient (Wildman–Crippen LogP) is 2.90. The lowest BCUT2D eigenvalue weighted by Gasteiger charge is -2.35. The topological polar surface area (TPSA) is 70.1 Å². The standard InChI is InChI=1S/C20H27N7/c1-2-5-17(6-3-1)7-10-21-18-15-19(25-16-24-18)26-11-13-27(14-12-26)20-22-8-4-9-23-20/h4-5,8-9,15-16H,1-3,6-7,10-14H2,(H,21,24,25). The number of rotatable bonds is 6. The zero-order valence-corrected chi connectivity index (χ0v) is 15.7. The molecule has 4 rings (SSSR count). The van der Waals surface area contributed by atoms with E-state index in [1.54, 1.807) is 24.3 Å². The van der Waals surface area contributed by atoms with E-state index in [0.717, 1.165) is 56.7 Å². The molecule has 27 heavy (non-hydrogen) atoms. The summed E-state index contributed by atoms with van der Waals surface area (Å²) in [6.45, 7) is 4.53. The van der Waals surface area contributed by atoms with Crippen molar-refractivity contribution in [2.45, 2.75) is 32.1 Å². The Morgan fingerprint density at radius 2 is 1.74 bits per heavy atom. The zero-order chi connectivity index (χ0) is 18.3. The van der Waals surface area contributed by atoms with Crippen molar-refractivity contribution in [3.8, 4) is 0 Å². The molecule has 1 aliphatic heterocycles. The summed E-state index contributed by atoms with van der Waals surface area (Å²) in [6.07, 6.45) is 13.9. The molecule has 0 spiro atoms. The molecule has 142 valence electrons. The summed E-state index contributed by atoms with van der Waals surface area (Å²) in [4.78, 5) is 22.1. The van der Waals surface area contributed by atoms with Gasteiger partial charge in [0.05, 0.1) is 0 Å². The van der Waals surface area contributed by atoms with Crippen LogP contribution in [0.3, 0.4) is 0 Å². The van der Waals surface area contributed by atoms with Gasteiger partial charge in [0.1, 0.15) is 18.0 Å². The summed E-state index contributed by atoms with van der Waals surface area (Å²) in [6, 6.07) is 3.91. The average molecular weight is 365 g/mol. The van der Waals surface area contributed by atoms with E-state index in [1.807, 2.05) is 6.07 Å². The van der Waals surface area contributed by atoms with E-state index in [2.05, 4.69) is 47.2 Å². The summed E-state index contributed by atoms with van der Waals surface area (Å²) >= 11 is 0. The van der Waals surface area contributed by atoms with Gasteiger partial charge in [0.25, 0.3) is 0 Å². The summed E-state index contributed by atoms with van der Waals surface area (Å²) in [7, 11) is 0. The second-order valence-electron chi connectivity index (χ2n) is 7.07. The molecule has 1 saturated heterocycles. The maximum Gasteiger partial charge on any atom is 0.225 e. The molecule has 2 aromatic heterocycles. The number of nitrogens with zero attached hydrogens (tertiary/aromatic N) is 6. The van der Waals surface area contributed by atoms with Crippen molar-refractivity contribution in [3.05, 3.63) is 42.5 Å². The first-order valence-electron chi connectivity index (χ1n) is 9.89. The molecule has 2 aromatic rings. The van der Waals surface area contributed by atoms with Crippen molar-refractivity contribution < 1.29 is 0 Å². The largest absolute Gasteiger partial charge is 0.370 e. The summed E-state index contributed by atoms with van der Waals surface area (Å²) in [5, 5.41) is 3.46. The number of allylic oxidation sites excluding steroid dienone is 1. The van der Waals surface area contributed by atoms with Crippen LogP contribution in [0.1, 0.15) is 32.1 Å². The fraction of sp³-hybridized carbons (Fsp3) is 0.500. The van der Waals surface area contributed by atoms with Gasteiger partial charge >= 0.3 is 0 Å². The number of aromatic nitrogens is 4. The van der Waals surface area contributed by atoms with Crippen molar-refractivity contribution in [3.63, 3.8) is 0 Å². The molecule has 0 bridgehead atoms. The SMILES string of the molecule is C1=C(CCNc2cc(N3CCN(c4ncccn4)CC3)ncn2)CCCC1. The molecule has 1 fully saturated rings. The van der Waals surface area contributed by atoms with Gasteiger partial charge in [0.2, 0.25) is 5.95 Å². The third-order valence-corrected chi connectivity index (χ3v) is 5.23. The van der Waals surface area contributed by atoms with E-state index in [9.17, 15) is 0 Å². The lowest BCUT2D eigenvalue weighted by Crippen LogP contribution is -2.47. The van der Waals surface area contributed by atoms with Crippen molar-refractivity contribution in [1.29, 1.82) is 0 Å². The fourth-order valence-corrected chi connectivity index (χ4v) is 3.69. The van der Waals surface area contributed by atoms with Crippen LogP contribution in [0.4, 0.5) is 17.6 Å². The van der Waals surface area contributed by atoms with Crippen LogP contribution in [-0.4, -0.2) is 52.7 Å². The van der Waals surface area contributed by atoms with Gasteiger partial charge in [0.15, 0.2) is 0 Å². The molecule has 0 amide bonds. The van der Waals surface area contributed by atoms with Crippen molar-refractivity contribution in [2.75, 3.05) is 47.8 Å². The van der Waals surface area contributed by atoms with E-state index in [4.69, 9.17) is 0 Å². The van der Waals surface area contributed by atoms with Crippen LogP contribution >= 0.6 is 0 Å². The van der Waals surface area contributed by atoms with Crippen molar-refractivity contribution in [2.24, 2.45) is 0 Å². The maximum absolute atomic E-state index is 4.47. The van der Waals surface area contributed by atoms with Crippen molar-refractivity contribution >= 4 is 17.6 Å². The van der Waals surface area contributed by atoms with Crippen molar-refractivity contribution in [1.82, 2.24) is 19.9 Å². The van der Waals surface area contributed by atoms with Gasteiger partial charge in [-0.25, -0.2) is 19.9 Å². The first-order valence-corrected chi connectivity index (χ1v) is 9.89. The third-order valence-electron chi connectivity index (χ3n) is 5.23. The van der Waals surface area contributed by atoms with Gasteiger partial charge in [-0.3, -0.25) is 0 Å². The maximum atomic E-state index is 4.47. The molecule has 0 atom stereocenters. The van der Waals surface area contributed by atoms with Crippen LogP contribution in [0, 0.1) is 0 Å². The summed E-state index contributed by atoms with van der Waals surface area (Å²) in [5.74, 6) is 2.70. The predicted molar refractivity (Wildman–Crippen MR) is 108 cm³/mol. The Hall–Kier alpha value is -2.70.